The van der Waals surface area contributed by atoms with Gasteiger partial charge in [-0.25, -0.2) is 0 Å². The van der Waals surface area contributed by atoms with E-state index in [-0.39, 0.29) is 12.1 Å². The highest BCUT2D eigenvalue weighted by Gasteiger charge is 2.46. The Kier molecular flexibility index (Phi) is 4.70. The lowest BCUT2D eigenvalue weighted by Crippen LogP contribution is -2.35. The molecule has 1 fully saturated rings. The maximum Gasteiger partial charge on any atom is 0.160 e. The van der Waals surface area contributed by atoms with Crippen molar-refractivity contribution in [1.82, 2.24) is 14.5 Å². The standard InChI is InChI=1S/C24H26N4S/c1-4-18-15-29-24-26-22(21-12-8-9-13-25-21)23(28(18)24)20-14-16(2)27(17(20)3)19-10-6-5-7-11-19/h5-14,18,22-23H,4,15H2,1-3H3/t18-,22+,23-/m1/s1. The first-order valence-corrected chi connectivity index (χ1v) is 11.3. The zero-order chi connectivity index (χ0) is 20.0. The molecular formula is C24H26N4S. The molecule has 0 amide bonds. The monoisotopic (exact) mass is 402 g/mol. The molecule has 2 aromatic heterocycles. The van der Waals surface area contributed by atoms with Crippen LogP contribution < -0.4 is 0 Å². The van der Waals surface area contributed by atoms with Gasteiger partial charge in [-0.05, 0) is 56.2 Å². The molecular weight excluding hydrogens is 376 g/mol. The van der Waals surface area contributed by atoms with Gasteiger partial charge in [0, 0.05) is 35.1 Å². The fraction of sp³-hybridized carbons (Fsp3) is 0.333. The zero-order valence-electron chi connectivity index (χ0n) is 17.1. The molecule has 2 aliphatic heterocycles. The lowest BCUT2D eigenvalue weighted by atomic mass is 9.95. The largest absolute Gasteiger partial charge is 0.338 e. The van der Waals surface area contributed by atoms with E-state index in [4.69, 9.17) is 4.99 Å². The number of benzene rings is 1. The predicted octanol–water partition coefficient (Wildman–Crippen LogP) is 5.47. The highest BCUT2D eigenvalue weighted by Crippen LogP contribution is 2.49. The molecule has 0 radical (unpaired) electrons. The molecule has 148 valence electrons. The quantitative estimate of drug-likeness (QED) is 0.580. The number of hydrogen-bond donors (Lipinski definition) is 0. The Balaban J connectivity index is 1.64. The summed E-state index contributed by atoms with van der Waals surface area (Å²) in [5.41, 5.74) is 6.19. The first kappa shape index (κ1) is 18.5. The van der Waals surface area contributed by atoms with Crippen LogP contribution in [0, 0.1) is 13.8 Å². The number of pyridine rings is 1. The summed E-state index contributed by atoms with van der Waals surface area (Å²) in [5, 5.41) is 1.18. The summed E-state index contributed by atoms with van der Waals surface area (Å²) in [7, 11) is 0. The number of aromatic nitrogens is 2. The van der Waals surface area contributed by atoms with Crippen LogP contribution >= 0.6 is 11.8 Å². The summed E-state index contributed by atoms with van der Waals surface area (Å²) in [4.78, 5) is 12.4. The number of fused-ring (bicyclic) bond motifs is 1. The van der Waals surface area contributed by atoms with E-state index in [0.717, 1.165) is 17.9 Å². The Labute approximate surface area is 176 Å². The van der Waals surface area contributed by atoms with Gasteiger partial charge in [-0.3, -0.25) is 9.98 Å². The van der Waals surface area contributed by atoms with Crippen molar-refractivity contribution < 1.29 is 0 Å². The Bertz CT molecular complexity index is 1040. The van der Waals surface area contributed by atoms with Crippen molar-refractivity contribution in [3.63, 3.8) is 0 Å². The fourth-order valence-corrected chi connectivity index (χ4v) is 6.09. The molecule has 4 heterocycles. The average Bonchev–Trinajstić information content (AvgIpc) is 3.40. The molecule has 2 aliphatic rings. The van der Waals surface area contributed by atoms with E-state index in [1.807, 2.05) is 24.0 Å². The third-order valence-electron chi connectivity index (χ3n) is 6.13. The summed E-state index contributed by atoms with van der Waals surface area (Å²) in [6, 6.07) is 19.9. The van der Waals surface area contributed by atoms with Crippen molar-refractivity contribution in [3.8, 4) is 5.69 Å². The van der Waals surface area contributed by atoms with E-state index in [2.05, 4.69) is 83.8 Å². The van der Waals surface area contributed by atoms with Crippen molar-refractivity contribution in [2.45, 2.75) is 45.3 Å². The molecule has 5 rings (SSSR count). The minimum Gasteiger partial charge on any atom is -0.338 e. The van der Waals surface area contributed by atoms with Crippen LogP contribution in [0.5, 0.6) is 0 Å². The van der Waals surface area contributed by atoms with E-state index in [1.54, 1.807) is 0 Å². The van der Waals surface area contributed by atoms with Crippen molar-refractivity contribution >= 4 is 16.9 Å². The molecule has 1 aromatic carbocycles. The van der Waals surface area contributed by atoms with Crippen molar-refractivity contribution in [3.05, 3.63) is 83.4 Å². The molecule has 0 N–H and O–H groups in total. The smallest absolute Gasteiger partial charge is 0.160 e. The SMILES string of the molecule is CC[C@@H]1CSC2=N[C@@H](c3ccccn3)[C@@H](c3cc(C)n(-c4ccccc4)c3C)N21. The van der Waals surface area contributed by atoms with E-state index in [9.17, 15) is 0 Å². The third kappa shape index (κ3) is 2.99. The van der Waals surface area contributed by atoms with Gasteiger partial charge in [-0.15, -0.1) is 0 Å². The number of aliphatic imine (C=N–C) groups is 1. The first-order chi connectivity index (χ1) is 14.2. The Hall–Kier alpha value is -2.53. The second kappa shape index (κ2) is 7.38. The fourth-order valence-electron chi connectivity index (χ4n) is 4.75. The van der Waals surface area contributed by atoms with Gasteiger partial charge in [0.15, 0.2) is 5.17 Å². The summed E-state index contributed by atoms with van der Waals surface area (Å²) < 4.78 is 2.37. The van der Waals surface area contributed by atoms with E-state index >= 15 is 0 Å². The lowest BCUT2D eigenvalue weighted by molar-refractivity contribution is 0.254. The Morgan fingerprint density at radius 1 is 1.07 bits per heavy atom. The molecule has 0 unspecified atom stereocenters. The number of para-hydroxylation sites is 1. The van der Waals surface area contributed by atoms with Crippen molar-refractivity contribution in [1.29, 1.82) is 0 Å². The number of nitrogens with zero attached hydrogens (tertiary/aromatic N) is 4. The minimum atomic E-state index is 0.0396. The van der Waals surface area contributed by atoms with Gasteiger partial charge in [0.2, 0.25) is 0 Å². The number of amidine groups is 1. The molecule has 0 saturated carbocycles. The molecule has 4 nitrogen and oxygen atoms in total. The predicted molar refractivity (Wildman–Crippen MR) is 121 cm³/mol. The normalized spacial score (nSPS) is 23.3. The lowest BCUT2D eigenvalue weighted by Gasteiger charge is -2.32. The summed E-state index contributed by atoms with van der Waals surface area (Å²) in [6.45, 7) is 6.73. The molecule has 3 atom stereocenters. The van der Waals surface area contributed by atoms with Crippen LogP contribution in [0.4, 0.5) is 0 Å². The highest BCUT2D eigenvalue weighted by atomic mass is 32.2. The number of aryl methyl sites for hydroxylation is 1. The molecule has 29 heavy (non-hydrogen) atoms. The topological polar surface area (TPSA) is 33.4 Å². The highest BCUT2D eigenvalue weighted by molar-refractivity contribution is 8.14. The summed E-state index contributed by atoms with van der Waals surface area (Å²) in [5.74, 6) is 1.12. The maximum atomic E-state index is 5.16. The van der Waals surface area contributed by atoms with Crippen molar-refractivity contribution in [2.24, 2.45) is 4.99 Å². The van der Waals surface area contributed by atoms with Gasteiger partial charge in [-0.2, -0.15) is 0 Å². The molecule has 5 heteroatoms. The van der Waals surface area contributed by atoms with Gasteiger partial charge in [-0.1, -0.05) is 43.0 Å². The molecule has 3 aromatic rings. The number of hydrogen-bond acceptors (Lipinski definition) is 4. The van der Waals surface area contributed by atoms with E-state index in [0.29, 0.717) is 6.04 Å². The van der Waals surface area contributed by atoms with Crippen LogP contribution in [-0.2, 0) is 0 Å². The minimum absolute atomic E-state index is 0.0396. The Morgan fingerprint density at radius 2 is 1.86 bits per heavy atom. The third-order valence-corrected chi connectivity index (χ3v) is 7.26. The summed E-state index contributed by atoms with van der Waals surface area (Å²) >= 11 is 1.90. The molecule has 1 saturated heterocycles. The van der Waals surface area contributed by atoms with Crippen LogP contribution in [0.1, 0.15) is 48.1 Å². The van der Waals surface area contributed by atoms with Crippen molar-refractivity contribution in [2.75, 3.05) is 5.75 Å². The Morgan fingerprint density at radius 3 is 2.59 bits per heavy atom. The van der Waals surface area contributed by atoms with E-state index in [1.165, 1.54) is 27.8 Å². The molecule has 0 spiro atoms. The molecule has 0 aliphatic carbocycles. The number of rotatable bonds is 4. The van der Waals surface area contributed by atoms with Gasteiger partial charge in [0.05, 0.1) is 11.7 Å². The van der Waals surface area contributed by atoms with Gasteiger partial charge < -0.3 is 9.47 Å². The number of thioether (sulfide) groups is 1. The van der Waals surface area contributed by atoms with Gasteiger partial charge in [0.25, 0.3) is 0 Å². The van der Waals surface area contributed by atoms with Crippen LogP contribution in [0.25, 0.3) is 5.69 Å². The van der Waals surface area contributed by atoms with E-state index < -0.39 is 0 Å². The van der Waals surface area contributed by atoms with Crippen LogP contribution in [0.15, 0.2) is 65.8 Å². The van der Waals surface area contributed by atoms with Crippen LogP contribution in [-0.4, -0.2) is 31.4 Å². The van der Waals surface area contributed by atoms with Gasteiger partial charge >= 0.3 is 0 Å². The van der Waals surface area contributed by atoms with Crippen LogP contribution in [0.3, 0.4) is 0 Å². The second-order valence-electron chi connectivity index (χ2n) is 7.83. The van der Waals surface area contributed by atoms with Gasteiger partial charge in [0.1, 0.15) is 6.04 Å². The second-order valence-corrected chi connectivity index (χ2v) is 8.82. The maximum absolute atomic E-state index is 5.16. The zero-order valence-corrected chi connectivity index (χ0v) is 17.9. The van der Waals surface area contributed by atoms with Crippen LogP contribution in [0.2, 0.25) is 0 Å². The molecule has 0 bridgehead atoms. The average molecular weight is 403 g/mol. The first-order valence-electron chi connectivity index (χ1n) is 10.3. The summed E-state index contributed by atoms with van der Waals surface area (Å²) in [6.07, 6.45) is 3.02.